The summed E-state index contributed by atoms with van der Waals surface area (Å²) in [5, 5.41) is 4.08. The Kier molecular flexibility index (Phi) is 6.32. The number of hydrogen-bond acceptors (Lipinski definition) is 5. The highest BCUT2D eigenvalue weighted by atomic mass is 79.9. The molecule has 22 heavy (non-hydrogen) atoms. The SMILES string of the molecule is Cl.NC1(c2noc(CCSc3ccccc3Br)n2)CCCC1. The molecule has 3 rings (SSSR count). The van der Waals surface area contributed by atoms with E-state index in [2.05, 4.69) is 32.1 Å². The zero-order valence-corrected chi connectivity index (χ0v) is 15.3. The van der Waals surface area contributed by atoms with Crippen molar-refractivity contribution in [1.82, 2.24) is 10.1 Å². The van der Waals surface area contributed by atoms with Crippen molar-refractivity contribution in [2.75, 3.05) is 5.75 Å². The summed E-state index contributed by atoms with van der Waals surface area (Å²) in [6.07, 6.45) is 4.97. The zero-order chi connectivity index (χ0) is 14.7. The quantitative estimate of drug-likeness (QED) is 0.752. The van der Waals surface area contributed by atoms with E-state index in [-0.39, 0.29) is 17.9 Å². The monoisotopic (exact) mass is 403 g/mol. The molecule has 1 aliphatic carbocycles. The molecule has 1 aromatic carbocycles. The Morgan fingerprint density at radius 3 is 2.73 bits per heavy atom. The third-order valence-corrected chi connectivity index (χ3v) is 5.85. The normalized spacial score (nSPS) is 16.5. The lowest BCUT2D eigenvalue weighted by atomic mass is 9.99. The standard InChI is InChI=1S/C15H18BrN3OS.ClH/c16-11-5-1-2-6-12(11)21-10-7-13-18-14(19-20-13)15(17)8-3-4-9-15;/h1-2,5-6H,3-4,7-10,17H2;1H. The van der Waals surface area contributed by atoms with Gasteiger partial charge in [-0.25, -0.2) is 0 Å². The summed E-state index contributed by atoms with van der Waals surface area (Å²) >= 11 is 5.33. The van der Waals surface area contributed by atoms with Crippen molar-refractivity contribution in [2.45, 2.75) is 42.5 Å². The second kappa shape index (κ2) is 7.81. The van der Waals surface area contributed by atoms with E-state index in [1.54, 1.807) is 11.8 Å². The number of aryl methyl sites for hydroxylation is 1. The predicted molar refractivity (Wildman–Crippen MR) is 94.4 cm³/mol. The first-order valence-corrected chi connectivity index (χ1v) is 8.94. The average Bonchev–Trinajstić information content (AvgIpc) is 3.11. The first kappa shape index (κ1) is 17.8. The van der Waals surface area contributed by atoms with Crippen LogP contribution < -0.4 is 5.73 Å². The summed E-state index contributed by atoms with van der Waals surface area (Å²) in [6.45, 7) is 0. The number of nitrogens with two attached hydrogens (primary N) is 1. The van der Waals surface area contributed by atoms with Gasteiger partial charge < -0.3 is 10.3 Å². The molecule has 1 aromatic heterocycles. The van der Waals surface area contributed by atoms with Crippen molar-refractivity contribution in [2.24, 2.45) is 5.73 Å². The fourth-order valence-electron chi connectivity index (χ4n) is 2.60. The van der Waals surface area contributed by atoms with Gasteiger partial charge in [0.1, 0.15) is 0 Å². The number of nitrogens with zero attached hydrogens (tertiary/aromatic N) is 2. The maximum atomic E-state index is 6.34. The lowest BCUT2D eigenvalue weighted by Gasteiger charge is -2.17. The van der Waals surface area contributed by atoms with Crippen molar-refractivity contribution in [3.63, 3.8) is 0 Å². The van der Waals surface area contributed by atoms with E-state index < -0.39 is 0 Å². The van der Waals surface area contributed by atoms with Gasteiger partial charge in [0, 0.05) is 21.5 Å². The van der Waals surface area contributed by atoms with E-state index in [1.807, 2.05) is 18.2 Å². The summed E-state index contributed by atoms with van der Waals surface area (Å²) in [6, 6.07) is 8.20. The lowest BCUT2D eigenvalue weighted by molar-refractivity contribution is 0.351. The fraction of sp³-hybridized carbons (Fsp3) is 0.467. The molecule has 1 saturated carbocycles. The molecule has 7 heteroatoms. The van der Waals surface area contributed by atoms with Crippen LogP contribution in [0.5, 0.6) is 0 Å². The molecular weight excluding hydrogens is 386 g/mol. The smallest absolute Gasteiger partial charge is 0.227 e. The number of halogens is 2. The van der Waals surface area contributed by atoms with Crippen LogP contribution in [-0.2, 0) is 12.0 Å². The van der Waals surface area contributed by atoms with Crippen LogP contribution >= 0.6 is 40.1 Å². The maximum Gasteiger partial charge on any atom is 0.227 e. The minimum absolute atomic E-state index is 0. The van der Waals surface area contributed by atoms with Crippen LogP contribution in [0.15, 0.2) is 38.2 Å². The van der Waals surface area contributed by atoms with Crippen LogP contribution in [0, 0.1) is 0 Å². The van der Waals surface area contributed by atoms with Gasteiger partial charge in [0.05, 0.1) is 5.54 Å². The van der Waals surface area contributed by atoms with Crippen LogP contribution in [0.2, 0.25) is 0 Å². The Hall–Kier alpha value is -0.560. The van der Waals surface area contributed by atoms with Crippen molar-refractivity contribution in [3.8, 4) is 0 Å². The number of thioether (sulfide) groups is 1. The molecule has 0 aliphatic heterocycles. The molecule has 0 saturated heterocycles. The fourth-order valence-corrected chi connectivity index (χ4v) is 4.10. The summed E-state index contributed by atoms with van der Waals surface area (Å²) < 4.78 is 6.46. The molecule has 0 radical (unpaired) electrons. The van der Waals surface area contributed by atoms with Gasteiger partial charge in [0.2, 0.25) is 5.89 Å². The Labute approximate surface area is 149 Å². The summed E-state index contributed by atoms with van der Waals surface area (Å²) in [7, 11) is 0. The molecule has 120 valence electrons. The Morgan fingerprint density at radius 2 is 2.00 bits per heavy atom. The van der Waals surface area contributed by atoms with Crippen molar-refractivity contribution in [1.29, 1.82) is 0 Å². The van der Waals surface area contributed by atoms with E-state index in [0.29, 0.717) is 11.7 Å². The van der Waals surface area contributed by atoms with Gasteiger partial charge in [-0.05, 0) is 40.9 Å². The van der Waals surface area contributed by atoms with Gasteiger partial charge in [-0.1, -0.05) is 30.1 Å². The van der Waals surface area contributed by atoms with E-state index >= 15 is 0 Å². The van der Waals surface area contributed by atoms with Gasteiger partial charge in [-0.3, -0.25) is 0 Å². The molecule has 0 bridgehead atoms. The van der Waals surface area contributed by atoms with Crippen molar-refractivity contribution in [3.05, 3.63) is 40.5 Å². The summed E-state index contributed by atoms with van der Waals surface area (Å²) in [5.41, 5.74) is 5.97. The minimum atomic E-state index is -0.364. The molecule has 1 aliphatic rings. The van der Waals surface area contributed by atoms with Crippen molar-refractivity contribution < 1.29 is 4.52 Å². The number of hydrogen-bond donors (Lipinski definition) is 1. The van der Waals surface area contributed by atoms with Crippen LogP contribution in [-0.4, -0.2) is 15.9 Å². The van der Waals surface area contributed by atoms with Crippen LogP contribution in [0.4, 0.5) is 0 Å². The molecule has 0 amide bonds. The van der Waals surface area contributed by atoms with Gasteiger partial charge in [0.15, 0.2) is 5.82 Å². The second-order valence-electron chi connectivity index (χ2n) is 5.40. The zero-order valence-electron chi connectivity index (χ0n) is 12.1. The topological polar surface area (TPSA) is 64.9 Å². The second-order valence-corrected chi connectivity index (χ2v) is 7.39. The summed E-state index contributed by atoms with van der Waals surface area (Å²) in [4.78, 5) is 5.72. The van der Waals surface area contributed by atoms with E-state index in [4.69, 9.17) is 10.3 Å². The molecule has 1 fully saturated rings. The van der Waals surface area contributed by atoms with Crippen LogP contribution in [0.25, 0.3) is 0 Å². The predicted octanol–water partition coefficient (Wildman–Crippen LogP) is 4.32. The summed E-state index contributed by atoms with van der Waals surface area (Å²) in [5.74, 6) is 2.27. The van der Waals surface area contributed by atoms with E-state index in [1.165, 1.54) is 4.90 Å². The molecule has 2 aromatic rings. The van der Waals surface area contributed by atoms with Crippen LogP contribution in [0.1, 0.15) is 37.4 Å². The minimum Gasteiger partial charge on any atom is -0.339 e. The number of rotatable bonds is 5. The largest absolute Gasteiger partial charge is 0.339 e. The molecule has 2 N–H and O–H groups in total. The molecule has 4 nitrogen and oxygen atoms in total. The van der Waals surface area contributed by atoms with Gasteiger partial charge in [0.25, 0.3) is 0 Å². The Morgan fingerprint density at radius 1 is 1.27 bits per heavy atom. The first-order valence-electron chi connectivity index (χ1n) is 7.17. The number of benzene rings is 1. The Balaban J connectivity index is 0.00000176. The highest BCUT2D eigenvalue weighted by Crippen LogP contribution is 2.34. The van der Waals surface area contributed by atoms with Crippen molar-refractivity contribution >= 4 is 40.1 Å². The maximum absolute atomic E-state index is 6.34. The highest BCUT2D eigenvalue weighted by molar-refractivity contribution is 9.10. The average molecular weight is 405 g/mol. The molecule has 0 atom stereocenters. The van der Waals surface area contributed by atoms with Gasteiger partial charge >= 0.3 is 0 Å². The molecule has 0 spiro atoms. The molecular formula is C15H19BrClN3OS. The third kappa shape index (κ3) is 4.04. The molecule has 0 unspecified atom stereocenters. The lowest BCUT2D eigenvalue weighted by Crippen LogP contribution is -2.34. The molecule has 1 heterocycles. The first-order chi connectivity index (χ1) is 10.2. The highest BCUT2D eigenvalue weighted by Gasteiger charge is 2.35. The Bertz CT molecular complexity index is 616. The third-order valence-electron chi connectivity index (χ3n) is 3.82. The van der Waals surface area contributed by atoms with E-state index in [0.717, 1.165) is 42.3 Å². The number of aromatic nitrogens is 2. The van der Waals surface area contributed by atoms with Gasteiger partial charge in [-0.2, -0.15) is 4.98 Å². The van der Waals surface area contributed by atoms with Crippen LogP contribution in [0.3, 0.4) is 0 Å². The van der Waals surface area contributed by atoms with E-state index in [9.17, 15) is 0 Å². The van der Waals surface area contributed by atoms with Gasteiger partial charge in [-0.15, -0.1) is 24.2 Å².